The predicted octanol–water partition coefficient (Wildman–Crippen LogP) is 4.68. The molecule has 27 heavy (non-hydrogen) atoms. The molecule has 5 heteroatoms. The van der Waals surface area contributed by atoms with Gasteiger partial charge < -0.3 is 14.2 Å². The normalized spacial score (nSPS) is 13.9. The van der Waals surface area contributed by atoms with Gasteiger partial charge in [-0.25, -0.2) is 0 Å². The molecule has 0 radical (unpaired) electrons. The van der Waals surface area contributed by atoms with Crippen LogP contribution in [-0.2, 0) is 30.7 Å². The summed E-state index contributed by atoms with van der Waals surface area (Å²) in [5.74, 6) is 2.20. The Morgan fingerprint density at radius 2 is 1.96 bits per heavy atom. The molecule has 4 nitrogen and oxygen atoms in total. The summed E-state index contributed by atoms with van der Waals surface area (Å²) in [5.41, 5.74) is 2.57. The van der Waals surface area contributed by atoms with Crippen molar-refractivity contribution in [3.8, 4) is 0 Å². The van der Waals surface area contributed by atoms with Crippen molar-refractivity contribution in [1.82, 2.24) is 9.80 Å². The first-order valence-corrected chi connectivity index (χ1v) is 10.2. The van der Waals surface area contributed by atoms with Crippen molar-refractivity contribution in [3.63, 3.8) is 0 Å². The predicted molar refractivity (Wildman–Crippen MR) is 109 cm³/mol. The summed E-state index contributed by atoms with van der Waals surface area (Å²) in [5, 5.41) is 0.777. The van der Waals surface area contributed by atoms with Crippen LogP contribution < -0.4 is 0 Å². The second kappa shape index (κ2) is 9.43. The van der Waals surface area contributed by atoms with Crippen LogP contribution in [0.3, 0.4) is 0 Å². The van der Waals surface area contributed by atoms with Gasteiger partial charge in [-0.2, -0.15) is 0 Å². The first-order chi connectivity index (χ1) is 13.0. The summed E-state index contributed by atoms with van der Waals surface area (Å²) in [7, 11) is 4.06. The third-order valence-corrected chi connectivity index (χ3v) is 5.28. The van der Waals surface area contributed by atoms with E-state index in [2.05, 4.69) is 23.1 Å². The molecule has 0 unspecified atom stereocenters. The van der Waals surface area contributed by atoms with Crippen molar-refractivity contribution in [2.45, 2.75) is 51.6 Å². The van der Waals surface area contributed by atoms with Gasteiger partial charge in [0.25, 0.3) is 0 Å². The molecule has 1 aliphatic heterocycles. The van der Waals surface area contributed by atoms with Gasteiger partial charge in [-0.15, -0.1) is 0 Å². The summed E-state index contributed by atoms with van der Waals surface area (Å²) in [6.45, 7) is 2.22. The van der Waals surface area contributed by atoms with E-state index < -0.39 is 0 Å². The molecule has 1 aliphatic rings. The zero-order chi connectivity index (χ0) is 19.2. The average Bonchev–Trinajstić information content (AvgIpc) is 3.03. The smallest absolute Gasteiger partial charge is 0.222 e. The Hall–Kier alpha value is -1.78. The van der Waals surface area contributed by atoms with E-state index in [4.69, 9.17) is 16.0 Å². The highest BCUT2D eigenvalue weighted by Crippen LogP contribution is 2.24. The number of carbonyl (C=O) groups is 1. The lowest BCUT2D eigenvalue weighted by atomic mass is 10.0. The Bertz CT molecular complexity index is 752. The highest BCUT2D eigenvalue weighted by Gasteiger charge is 2.23. The van der Waals surface area contributed by atoms with Gasteiger partial charge in [-0.1, -0.05) is 30.2 Å². The first-order valence-electron chi connectivity index (χ1n) is 9.78. The lowest BCUT2D eigenvalue weighted by molar-refractivity contribution is -0.132. The van der Waals surface area contributed by atoms with Crippen LogP contribution in [0.1, 0.15) is 48.3 Å². The third kappa shape index (κ3) is 5.85. The van der Waals surface area contributed by atoms with E-state index in [0.29, 0.717) is 13.0 Å². The molecule has 0 atom stereocenters. The maximum absolute atomic E-state index is 12.5. The molecule has 0 spiro atoms. The van der Waals surface area contributed by atoms with Gasteiger partial charge in [-0.3, -0.25) is 4.79 Å². The van der Waals surface area contributed by atoms with Crippen LogP contribution in [-0.4, -0.2) is 36.3 Å². The maximum Gasteiger partial charge on any atom is 0.222 e. The topological polar surface area (TPSA) is 36.7 Å². The van der Waals surface area contributed by atoms with E-state index in [0.717, 1.165) is 61.7 Å². The molecule has 1 aromatic heterocycles. The molecule has 0 aliphatic carbocycles. The molecule has 0 saturated carbocycles. The largest absolute Gasteiger partial charge is 0.463 e. The molecule has 146 valence electrons. The summed E-state index contributed by atoms with van der Waals surface area (Å²) in [4.78, 5) is 16.6. The molecule has 0 fully saturated rings. The second-order valence-electron chi connectivity index (χ2n) is 7.65. The standard InChI is InChI=1S/C22H29ClN2O2/c1-24(2)15-20-14-18-12-13-25(16-21(18)27-20)22(26)7-5-3-4-6-17-8-10-19(23)11-9-17/h8-11,14H,3-7,12-13,15-16H2,1-2H3. The molecule has 0 N–H and O–H groups in total. The molecule has 2 aromatic rings. The molecular weight excluding hydrogens is 360 g/mol. The maximum atomic E-state index is 12.5. The highest BCUT2D eigenvalue weighted by atomic mass is 35.5. The summed E-state index contributed by atoms with van der Waals surface area (Å²) in [6.07, 6.45) is 5.68. The first kappa shape index (κ1) is 20.0. The van der Waals surface area contributed by atoms with Gasteiger partial charge in [-0.05, 0) is 69.1 Å². The fourth-order valence-corrected chi connectivity index (χ4v) is 3.70. The minimum Gasteiger partial charge on any atom is -0.463 e. The SMILES string of the molecule is CN(C)Cc1cc2c(o1)CN(C(=O)CCCCCc1ccc(Cl)cc1)CC2. The molecule has 3 rings (SSSR count). The van der Waals surface area contributed by atoms with Crippen LogP contribution in [0.5, 0.6) is 0 Å². The Balaban J connectivity index is 1.38. The molecule has 2 heterocycles. The summed E-state index contributed by atoms with van der Waals surface area (Å²) < 4.78 is 5.95. The number of hydrogen-bond donors (Lipinski definition) is 0. The Morgan fingerprint density at radius 1 is 1.19 bits per heavy atom. The van der Waals surface area contributed by atoms with Crippen LogP contribution in [0, 0.1) is 0 Å². The quantitative estimate of drug-likeness (QED) is 0.616. The lowest BCUT2D eigenvalue weighted by Gasteiger charge is -2.26. The Kier molecular flexibility index (Phi) is 6.97. The number of unbranched alkanes of at least 4 members (excludes halogenated alkanes) is 2. The Labute approximate surface area is 167 Å². The number of halogens is 1. The van der Waals surface area contributed by atoms with Crippen molar-refractivity contribution in [1.29, 1.82) is 0 Å². The lowest BCUT2D eigenvalue weighted by Crippen LogP contribution is -2.35. The van der Waals surface area contributed by atoms with Crippen molar-refractivity contribution >= 4 is 17.5 Å². The number of furan rings is 1. The number of carbonyl (C=O) groups excluding carboxylic acids is 1. The zero-order valence-corrected chi connectivity index (χ0v) is 17.1. The summed E-state index contributed by atoms with van der Waals surface area (Å²) in [6, 6.07) is 10.2. The number of amides is 1. The molecule has 1 aromatic carbocycles. The van der Waals surface area contributed by atoms with Crippen LogP contribution in [0.2, 0.25) is 5.02 Å². The van der Waals surface area contributed by atoms with Gasteiger partial charge in [0.2, 0.25) is 5.91 Å². The second-order valence-corrected chi connectivity index (χ2v) is 8.09. The van der Waals surface area contributed by atoms with Gasteiger partial charge >= 0.3 is 0 Å². The third-order valence-electron chi connectivity index (χ3n) is 5.03. The minimum atomic E-state index is 0.248. The zero-order valence-electron chi connectivity index (χ0n) is 16.3. The van der Waals surface area contributed by atoms with Crippen LogP contribution >= 0.6 is 11.6 Å². The summed E-state index contributed by atoms with van der Waals surface area (Å²) >= 11 is 5.91. The fourth-order valence-electron chi connectivity index (χ4n) is 3.58. The van der Waals surface area contributed by atoms with Gasteiger partial charge in [0.1, 0.15) is 11.5 Å². The van der Waals surface area contributed by atoms with E-state index in [1.165, 1.54) is 11.1 Å². The van der Waals surface area contributed by atoms with Crippen LogP contribution in [0.15, 0.2) is 34.7 Å². The van der Waals surface area contributed by atoms with Gasteiger partial charge in [0, 0.05) is 18.0 Å². The van der Waals surface area contributed by atoms with Gasteiger partial charge in [0.05, 0.1) is 13.1 Å². The van der Waals surface area contributed by atoms with Crippen molar-refractivity contribution < 1.29 is 9.21 Å². The number of aryl methyl sites for hydroxylation is 1. The van der Waals surface area contributed by atoms with E-state index in [-0.39, 0.29) is 5.91 Å². The van der Waals surface area contributed by atoms with Crippen molar-refractivity contribution in [2.24, 2.45) is 0 Å². The monoisotopic (exact) mass is 388 g/mol. The molecule has 1 amide bonds. The van der Waals surface area contributed by atoms with E-state index in [1.807, 2.05) is 31.1 Å². The van der Waals surface area contributed by atoms with E-state index in [9.17, 15) is 4.79 Å². The molecule has 0 bridgehead atoms. The average molecular weight is 389 g/mol. The number of hydrogen-bond acceptors (Lipinski definition) is 3. The number of rotatable bonds is 8. The fraction of sp³-hybridized carbons (Fsp3) is 0.500. The molecule has 0 saturated heterocycles. The van der Waals surface area contributed by atoms with E-state index >= 15 is 0 Å². The Morgan fingerprint density at radius 3 is 2.70 bits per heavy atom. The molecular formula is C22H29ClN2O2. The van der Waals surface area contributed by atoms with Crippen molar-refractivity contribution in [3.05, 3.63) is 58.0 Å². The van der Waals surface area contributed by atoms with Crippen LogP contribution in [0.4, 0.5) is 0 Å². The van der Waals surface area contributed by atoms with Crippen LogP contribution in [0.25, 0.3) is 0 Å². The minimum absolute atomic E-state index is 0.248. The number of nitrogens with zero attached hydrogens (tertiary/aromatic N) is 2. The highest BCUT2D eigenvalue weighted by molar-refractivity contribution is 6.30. The van der Waals surface area contributed by atoms with E-state index in [1.54, 1.807) is 0 Å². The van der Waals surface area contributed by atoms with Crippen molar-refractivity contribution in [2.75, 3.05) is 20.6 Å². The number of fused-ring (bicyclic) bond motifs is 1. The number of benzene rings is 1. The van der Waals surface area contributed by atoms with Gasteiger partial charge in [0.15, 0.2) is 0 Å².